The van der Waals surface area contributed by atoms with Gasteiger partial charge < -0.3 is 19.3 Å². The Morgan fingerprint density at radius 1 is 1.09 bits per heavy atom. The first kappa shape index (κ1) is 32.5. The van der Waals surface area contributed by atoms with Crippen molar-refractivity contribution in [2.24, 2.45) is 0 Å². The molecule has 3 aromatic carbocycles. The van der Waals surface area contributed by atoms with Crippen LogP contribution in [0.1, 0.15) is 61.9 Å². The lowest BCUT2D eigenvalue weighted by molar-refractivity contribution is -0.132. The lowest BCUT2D eigenvalue weighted by Crippen LogP contribution is -2.29. The third-order valence-electron chi connectivity index (χ3n) is 7.86. The van der Waals surface area contributed by atoms with Crippen LogP contribution in [-0.2, 0) is 21.8 Å². The Morgan fingerprint density at radius 2 is 1.91 bits per heavy atom. The average molecular weight is 676 g/mol. The quantitative estimate of drug-likeness (QED) is 0.0408. The normalized spacial score (nSPS) is 18.3. The summed E-state index contributed by atoms with van der Waals surface area (Å²) in [5.41, 5.74) is 2.24. The molecular weight excluding hydrogens is 642 g/mol. The molecule has 0 saturated carbocycles. The number of fused-ring (bicyclic) bond motifs is 1. The third-order valence-corrected chi connectivity index (χ3v) is 9.97. The van der Waals surface area contributed by atoms with Crippen molar-refractivity contribution < 1.29 is 33.3 Å². The second-order valence-electron chi connectivity index (χ2n) is 11.2. The Bertz CT molecular complexity index is 1840. The van der Waals surface area contributed by atoms with Crippen molar-refractivity contribution in [3.63, 3.8) is 0 Å². The molecule has 4 aromatic rings. The molecule has 0 bridgehead atoms. The second kappa shape index (κ2) is 14.1. The number of aliphatic hydroxyl groups is 1. The van der Waals surface area contributed by atoms with Crippen LogP contribution in [0, 0.1) is 5.82 Å². The van der Waals surface area contributed by atoms with E-state index >= 15 is 0 Å². The van der Waals surface area contributed by atoms with Gasteiger partial charge in [0, 0.05) is 17.7 Å². The van der Waals surface area contributed by atoms with E-state index in [9.17, 15) is 19.1 Å². The van der Waals surface area contributed by atoms with E-state index in [1.807, 2.05) is 13.8 Å². The van der Waals surface area contributed by atoms with Gasteiger partial charge in [-0.1, -0.05) is 60.7 Å². The maximum atomic E-state index is 14.2. The van der Waals surface area contributed by atoms with Gasteiger partial charge in [0.05, 0.1) is 24.8 Å². The molecule has 2 aliphatic heterocycles. The van der Waals surface area contributed by atoms with Crippen molar-refractivity contribution in [2.45, 2.75) is 62.3 Å². The van der Waals surface area contributed by atoms with Crippen molar-refractivity contribution in [1.82, 2.24) is 10.2 Å². The number of carbonyl (C=O) groups is 2. The minimum atomic E-state index is -1.04. The second-order valence-corrected chi connectivity index (χ2v) is 13.4. The van der Waals surface area contributed by atoms with Gasteiger partial charge in [-0.15, -0.1) is 10.2 Å². The highest BCUT2D eigenvalue weighted by molar-refractivity contribution is 8.00. The summed E-state index contributed by atoms with van der Waals surface area (Å²) < 4.78 is 32.5. The SMILES string of the molecule is CCCCOc1ccc([C@H]2/C(=C(\O)c3ccc4c(c3)C[C@H](C)O4)C(=O)C(=O)N2c2nnc(SCc3ccccc3F)s2)cc1OCC. The number of unbranched alkanes of at least 4 members (excludes halogenated alkanes) is 1. The number of ketones is 1. The fourth-order valence-corrected chi connectivity index (χ4v) is 7.45. The number of anilines is 1. The number of ether oxygens (including phenoxy) is 3. The Kier molecular flexibility index (Phi) is 9.79. The number of Topliss-reactive ketones (excluding diaryl/α,β-unsaturated/α-hetero) is 1. The molecule has 0 aliphatic carbocycles. The van der Waals surface area contributed by atoms with Gasteiger partial charge in [-0.05, 0) is 73.4 Å². The predicted molar refractivity (Wildman–Crippen MR) is 179 cm³/mol. The Morgan fingerprint density at radius 3 is 2.70 bits per heavy atom. The minimum Gasteiger partial charge on any atom is -0.507 e. The molecule has 9 nitrogen and oxygen atoms in total. The van der Waals surface area contributed by atoms with Gasteiger partial charge in [0.1, 0.15) is 23.4 Å². The molecule has 12 heteroatoms. The van der Waals surface area contributed by atoms with Crippen LogP contribution < -0.4 is 19.1 Å². The third kappa shape index (κ3) is 6.70. The van der Waals surface area contributed by atoms with Gasteiger partial charge in [0.25, 0.3) is 5.78 Å². The van der Waals surface area contributed by atoms with Gasteiger partial charge in [-0.3, -0.25) is 14.5 Å². The number of halogens is 1. The van der Waals surface area contributed by atoms with Gasteiger partial charge >= 0.3 is 5.91 Å². The first-order valence-corrected chi connectivity index (χ1v) is 17.3. The number of nitrogens with zero attached hydrogens (tertiary/aromatic N) is 3. The van der Waals surface area contributed by atoms with Crippen LogP contribution in [0.25, 0.3) is 5.76 Å². The summed E-state index contributed by atoms with van der Waals surface area (Å²) in [5, 5.41) is 20.4. The molecule has 0 radical (unpaired) electrons. The number of thioether (sulfide) groups is 1. The standard InChI is InChI=1S/C35H34FN3O6S2/c1-4-6-15-44-27-14-11-21(18-28(27)43-5-2)30-29(31(40)22-12-13-26-24(17-22)16-20(3)45-26)32(41)33(42)39(30)34-37-38-35(47-34)46-19-23-9-7-8-10-25(23)36/h7-14,17-18,20,30,40H,4-6,15-16,19H2,1-3H3/b31-29+/t20-,30-/m0/s1. The van der Waals surface area contributed by atoms with Gasteiger partial charge in [0.2, 0.25) is 5.13 Å². The van der Waals surface area contributed by atoms with E-state index in [0.29, 0.717) is 57.9 Å². The molecule has 2 aliphatic rings. The Hall–Kier alpha value is -4.42. The number of aromatic nitrogens is 2. The van der Waals surface area contributed by atoms with E-state index in [4.69, 9.17) is 14.2 Å². The number of hydrogen-bond donors (Lipinski definition) is 1. The molecule has 1 aromatic heterocycles. The van der Waals surface area contributed by atoms with Crippen LogP contribution in [0.4, 0.5) is 9.52 Å². The Labute approximate surface area is 280 Å². The molecule has 47 heavy (non-hydrogen) atoms. The van der Waals surface area contributed by atoms with Crippen molar-refractivity contribution in [3.05, 3.63) is 94.3 Å². The number of benzene rings is 3. The summed E-state index contributed by atoms with van der Waals surface area (Å²) in [6.45, 7) is 6.76. The molecule has 6 rings (SSSR count). The zero-order chi connectivity index (χ0) is 33.1. The summed E-state index contributed by atoms with van der Waals surface area (Å²) in [4.78, 5) is 28.9. The molecule has 2 atom stereocenters. The van der Waals surface area contributed by atoms with Gasteiger partial charge in [-0.25, -0.2) is 4.39 Å². The zero-order valence-electron chi connectivity index (χ0n) is 26.2. The smallest absolute Gasteiger partial charge is 0.301 e. The zero-order valence-corrected chi connectivity index (χ0v) is 27.8. The topological polar surface area (TPSA) is 111 Å². The Balaban J connectivity index is 1.42. The average Bonchev–Trinajstić information content (AvgIpc) is 3.76. The molecule has 0 unspecified atom stereocenters. The maximum Gasteiger partial charge on any atom is 0.301 e. The van der Waals surface area contributed by atoms with Crippen molar-refractivity contribution in [1.29, 1.82) is 0 Å². The molecule has 1 N–H and O–H groups in total. The molecule has 1 amide bonds. The molecule has 1 saturated heterocycles. The number of carbonyl (C=O) groups excluding carboxylic acids is 2. The summed E-state index contributed by atoms with van der Waals surface area (Å²) in [6.07, 6.45) is 2.48. The van der Waals surface area contributed by atoms with Crippen molar-refractivity contribution >= 4 is 45.7 Å². The van der Waals surface area contributed by atoms with E-state index in [0.717, 1.165) is 35.5 Å². The lowest BCUT2D eigenvalue weighted by Gasteiger charge is -2.23. The van der Waals surface area contributed by atoms with E-state index in [2.05, 4.69) is 17.1 Å². The largest absolute Gasteiger partial charge is 0.507 e. The summed E-state index contributed by atoms with van der Waals surface area (Å²) in [7, 11) is 0. The molecular formula is C35H34FN3O6S2. The van der Waals surface area contributed by atoms with Crippen LogP contribution in [-0.4, -0.2) is 46.3 Å². The van der Waals surface area contributed by atoms with Crippen LogP contribution in [0.5, 0.6) is 17.2 Å². The number of amides is 1. The van der Waals surface area contributed by atoms with E-state index in [1.54, 1.807) is 54.6 Å². The monoisotopic (exact) mass is 675 g/mol. The number of aliphatic hydroxyl groups excluding tert-OH is 1. The first-order valence-electron chi connectivity index (χ1n) is 15.5. The number of hydrogen-bond acceptors (Lipinski definition) is 10. The summed E-state index contributed by atoms with van der Waals surface area (Å²) >= 11 is 2.39. The summed E-state index contributed by atoms with van der Waals surface area (Å²) in [6, 6.07) is 15.9. The van der Waals surface area contributed by atoms with Crippen LogP contribution >= 0.6 is 23.1 Å². The van der Waals surface area contributed by atoms with E-state index in [1.165, 1.54) is 22.7 Å². The fraction of sp³-hybridized carbons (Fsp3) is 0.314. The van der Waals surface area contributed by atoms with Crippen LogP contribution in [0.3, 0.4) is 0 Å². The van der Waals surface area contributed by atoms with Gasteiger partial charge in [-0.2, -0.15) is 0 Å². The summed E-state index contributed by atoms with van der Waals surface area (Å²) in [5.74, 6) is -0.312. The minimum absolute atomic E-state index is 0.00845. The highest BCUT2D eigenvalue weighted by Gasteiger charge is 2.48. The van der Waals surface area contributed by atoms with E-state index in [-0.39, 0.29) is 28.4 Å². The number of rotatable bonds is 12. The van der Waals surface area contributed by atoms with Crippen molar-refractivity contribution in [2.75, 3.05) is 18.1 Å². The highest BCUT2D eigenvalue weighted by atomic mass is 32.2. The predicted octanol–water partition coefficient (Wildman–Crippen LogP) is 7.50. The molecule has 0 spiro atoms. The van der Waals surface area contributed by atoms with Crippen molar-refractivity contribution in [3.8, 4) is 17.2 Å². The van der Waals surface area contributed by atoms with Crippen LogP contribution in [0.15, 0.2) is 70.6 Å². The first-order chi connectivity index (χ1) is 22.8. The van der Waals surface area contributed by atoms with E-state index < -0.39 is 17.7 Å². The molecule has 244 valence electrons. The maximum absolute atomic E-state index is 14.2. The molecule has 3 heterocycles. The highest BCUT2D eigenvalue weighted by Crippen LogP contribution is 2.46. The lowest BCUT2D eigenvalue weighted by atomic mass is 9.94. The fourth-order valence-electron chi connectivity index (χ4n) is 5.59. The van der Waals surface area contributed by atoms with Gasteiger partial charge in [0.15, 0.2) is 15.8 Å². The van der Waals surface area contributed by atoms with Crippen LogP contribution in [0.2, 0.25) is 0 Å². The molecule has 1 fully saturated rings.